The summed E-state index contributed by atoms with van der Waals surface area (Å²) in [5.41, 5.74) is 2.67. The Hall–Kier alpha value is -1.94. The van der Waals surface area contributed by atoms with Crippen molar-refractivity contribution in [1.82, 2.24) is 10.3 Å². The average molecular weight is 288 g/mol. The Morgan fingerprint density at radius 1 is 1.14 bits per heavy atom. The number of rotatable bonds is 6. The maximum absolute atomic E-state index is 14.1. The smallest absolute Gasteiger partial charge is 0.166 e. The molecular weight excluding hydrogens is 267 g/mol. The van der Waals surface area contributed by atoms with Crippen LogP contribution in [-0.4, -0.2) is 11.5 Å². The largest absolute Gasteiger partial charge is 0.452 e. The predicted octanol–water partition coefficient (Wildman–Crippen LogP) is 3.99. The fraction of sp³-hybridized carbons (Fsp3) is 0.353. The van der Waals surface area contributed by atoms with E-state index in [1.54, 1.807) is 6.07 Å². The summed E-state index contributed by atoms with van der Waals surface area (Å²) in [4.78, 5) is 4.42. The molecule has 1 aromatic carbocycles. The minimum absolute atomic E-state index is 0.232. The van der Waals surface area contributed by atoms with Crippen LogP contribution in [-0.2, 0) is 13.0 Å². The minimum Gasteiger partial charge on any atom is -0.452 e. The SMILES string of the molecule is CCNCc1ccc(Oc2ccc(C)nc2CC)c(F)c1. The predicted molar refractivity (Wildman–Crippen MR) is 82.2 cm³/mol. The third kappa shape index (κ3) is 4.02. The van der Waals surface area contributed by atoms with Gasteiger partial charge in [0.15, 0.2) is 11.6 Å². The maximum atomic E-state index is 14.1. The molecule has 0 aliphatic rings. The topological polar surface area (TPSA) is 34.1 Å². The maximum Gasteiger partial charge on any atom is 0.166 e. The van der Waals surface area contributed by atoms with Gasteiger partial charge >= 0.3 is 0 Å². The van der Waals surface area contributed by atoms with Crippen LogP contribution < -0.4 is 10.1 Å². The molecule has 0 bridgehead atoms. The molecule has 0 aliphatic heterocycles. The highest BCUT2D eigenvalue weighted by Gasteiger charge is 2.10. The lowest BCUT2D eigenvalue weighted by molar-refractivity contribution is 0.434. The van der Waals surface area contributed by atoms with E-state index in [1.807, 2.05) is 39.0 Å². The summed E-state index contributed by atoms with van der Waals surface area (Å²) in [7, 11) is 0. The van der Waals surface area contributed by atoms with Crippen LogP contribution in [0, 0.1) is 12.7 Å². The fourth-order valence-corrected chi connectivity index (χ4v) is 2.07. The molecule has 3 nitrogen and oxygen atoms in total. The number of ether oxygens (including phenoxy) is 1. The van der Waals surface area contributed by atoms with Gasteiger partial charge in [0, 0.05) is 12.2 Å². The van der Waals surface area contributed by atoms with Crippen molar-refractivity contribution >= 4 is 0 Å². The Bertz CT molecular complexity index is 614. The van der Waals surface area contributed by atoms with Gasteiger partial charge in [-0.1, -0.05) is 19.9 Å². The van der Waals surface area contributed by atoms with Gasteiger partial charge in [0.05, 0.1) is 5.69 Å². The van der Waals surface area contributed by atoms with E-state index in [0.717, 1.165) is 29.9 Å². The van der Waals surface area contributed by atoms with Gasteiger partial charge in [0.1, 0.15) is 5.75 Å². The summed E-state index contributed by atoms with van der Waals surface area (Å²) in [5, 5.41) is 3.17. The molecular formula is C17H21FN2O. The number of benzene rings is 1. The van der Waals surface area contributed by atoms with Crippen LogP contribution in [0.3, 0.4) is 0 Å². The highest BCUT2D eigenvalue weighted by Crippen LogP contribution is 2.27. The Balaban J connectivity index is 2.20. The molecule has 0 atom stereocenters. The third-order valence-electron chi connectivity index (χ3n) is 3.20. The highest BCUT2D eigenvalue weighted by molar-refractivity contribution is 5.37. The van der Waals surface area contributed by atoms with Crippen molar-refractivity contribution in [3.63, 3.8) is 0 Å². The van der Waals surface area contributed by atoms with E-state index in [1.165, 1.54) is 6.07 Å². The van der Waals surface area contributed by atoms with Crippen LogP contribution in [0.4, 0.5) is 4.39 Å². The molecule has 0 fully saturated rings. The summed E-state index contributed by atoms with van der Waals surface area (Å²) in [6.45, 7) is 7.46. The van der Waals surface area contributed by atoms with E-state index in [-0.39, 0.29) is 11.6 Å². The molecule has 4 heteroatoms. The second-order valence-electron chi connectivity index (χ2n) is 4.90. The Morgan fingerprint density at radius 3 is 2.57 bits per heavy atom. The molecule has 0 amide bonds. The standard InChI is InChI=1S/C17H21FN2O/c1-4-15-17(8-6-12(3)20-15)21-16-9-7-13(10-14(16)18)11-19-5-2/h6-10,19H,4-5,11H2,1-3H3. The molecule has 2 rings (SSSR count). The van der Waals surface area contributed by atoms with Crippen molar-refractivity contribution in [2.24, 2.45) is 0 Å². The van der Waals surface area contributed by atoms with Crippen LogP contribution in [0.15, 0.2) is 30.3 Å². The summed E-state index contributed by atoms with van der Waals surface area (Å²) < 4.78 is 19.8. The van der Waals surface area contributed by atoms with E-state index < -0.39 is 0 Å². The molecule has 0 saturated carbocycles. The molecule has 1 heterocycles. The number of hydrogen-bond donors (Lipinski definition) is 1. The Labute approximate surface area is 125 Å². The Morgan fingerprint density at radius 2 is 1.90 bits per heavy atom. The van der Waals surface area contributed by atoms with Gasteiger partial charge in [0.25, 0.3) is 0 Å². The first-order valence-corrected chi connectivity index (χ1v) is 7.27. The van der Waals surface area contributed by atoms with Crippen molar-refractivity contribution in [2.75, 3.05) is 6.54 Å². The van der Waals surface area contributed by atoms with Crippen LogP contribution in [0.2, 0.25) is 0 Å². The first-order valence-electron chi connectivity index (χ1n) is 7.27. The zero-order chi connectivity index (χ0) is 15.2. The van der Waals surface area contributed by atoms with Crippen LogP contribution in [0.25, 0.3) is 0 Å². The van der Waals surface area contributed by atoms with Gasteiger partial charge in [-0.15, -0.1) is 0 Å². The number of aryl methyl sites for hydroxylation is 2. The van der Waals surface area contributed by atoms with E-state index >= 15 is 0 Å². The second kappa shape index (κ2) is 7.18. The first kappa shape index (κ1) is 15.4. The number of aromatic nitrogens is 1. The molecule has 0 saturated heterocycles. The molecule has 0 spiro atoms. The first-order chi connectivity index (χ1) is 10.1. The van der Waals surface area contributed by atoms with Crippen LogP contribution in [0.5, 0.6) is 11.5 Å². The number of pyridine rings is 1. The molecule has 0 aliphatic carbocycles. The van der Waals surface area contributed by atoms with Gasteiger partial charge < -0.3 is 10.1 Å². The summed E-state index contributed by atoms with van der Waals surface area (Å²) in [6.07, 6.45) is 0.747. The van der Waals surface area contributed by atoms with E-state index in [9.17, 15) is 4.39 Å². The lowest BCUT2D eigenvalue weighted by Gasteiger charge is -2.11. The average Bonchev–Trinajstić information content (AvgIpc) is 2.49. The summed E-state index contributed by atoms with van der Waals surface area (Å²) in [6, 6.07) is 8.75. The van der Waals surface area contributed by atoms with Crippen molar-refractivity contribution in [3.05, 3.63) is 53.1 Å². The van der Waals surface area contributed by atoms with E-state index in [2.05, 4.69) is 10.3 Å². The van der Waals surface area contributed by atoms with Crippen molar-refractivity contribution in [3.8, 4) is 11.5 Å². The number of nitrogens with zero attached hydrogens (tertiary/aromatic N) is 1. The van der Waals surface area contributed by atoms with Gasteiger partial charge in [-0.3, -0.25) is 4.98 Å². The van der Waals surface area contributed by atoms with Gasteiger partial charge in [0.2, 0.25) is 0 Å². The molecule has 1 N–H and O–H groups in total. The Kier molecular flexibility index (Phi) is 5.28. The zero-order valence-corrected chi connectivity index (χ0v) is 12.7. The second-order valence-corrected chi connectivity index (χ2v) is 4.90. The molecule has 2 aromatic rings. The van der Waals surface area contributed by atoms with Gasteiger partial charge in [-0.2, -0.15) is 0 Å². The van der Waals surface area contributed by atoms with Crippen LogP contribution >= 0.6 is 0 Å². The van der Waals surface area contributed by atoms with E-state index in [0.29, 0.717) is 12.3 Å². The lowest BCUT2D eigenvalue weighted by atomic mass is 10.2. The zero-order valence-electron chi connectivity index (χ0n) is 12.7. The van der Waals surface area contributed by atoms with Crippen molar-refractivity contribution in [1.29, 1.82) is 0 Å². The molecule has 112 valence electrons. The highest BCUT2D eigenvalue weighted by atomic mass is 19.1. The fourth-order valence-electron chi connectivity index (χ4n) is 2.07. The third-order valence-corrected chi connectivity index (χ3v) is 3.20. The summed E-state index contributed by atoms with van der Waals surface area (Å²) >= 11 is 0. The van der Waals surface area contributed by atoms with Gasteiger partial charge in [-0.25, -0.2) is 4.39 Å². The molecule has 0 unspecified atom stereocenters. The minimum atomic E-state index is -0.354. The molecule has 21 heavy (non-hydrogen) atoms. The summed E-state index contributed by atoms with van der Waals surface area (Å²) in [5.74, 6) is 0.491. The van der Waals surface area contributed by atoms with Crippen molar-refractivity contribution < 1.29 is 9.13 Å². The number of hydrogen-bond acceptors (Lipinski definition) is 3. The van der Waals surface area contributed by atoms with Gasteiger partial charge in [-0.05, 0) is 49.7 Å². The van der Waals surface area contributed by atoms with E-state index in [4.69, 9.17) is 4.74 Å². The lowest BCUT2D eigenvalue weighted by Crippen LogP contribution is -2.11. The van der Waals surface area contributed by atoms with Crippen LogP contribution in [0.1, 0.15) is 30.8 Å². The number of halogens is 1. The normalized spacial score (nSPS) is 10.7. The van der Waals surface area contributed by atoms with Crippen molar-refractivity contribution in [2.45, 2.75) is 33.7 Å². The quantitative estimate of drug-likeness (QED) is 0.872. The number of nitrogens with one attached hydrogen (secondary N) is 1. The molecule has 0 radical (unpaired) electrons. The molecule has 1 aromatic heterocycles. The monoisotopic (exact) mass is 288 g/mol.